The largest absolute Gasteiger partial charge is 0.497 e. The van der Waals surface area contributed by atoms with E-state index in [1.807, 2.05) is 79.0 Å². The van der Waals surface area contributed by atoms with E-state index in [2.05, 4.69) is 22.7 Å². The number of methoxy groups -OCH3 is 2. The topological polar surface area (TPSA) is 59.5 Å². The summed E-state index contributed by atoms with van der Waals surface area (Å²) in [5, 5.41) is 9.20. The maximum atomic E-state index is 9.20. The zero-order valence-electron chi connectivity index (χ0n) is 18.3. The van der Waals surface area contributed by atoms with Crippen LogP contribution < -0.4 is 9.47 Å². The Kier molecular flexibility index (Phi) is 5.26. The predicted molar refractivity (Wildman–Crippen MR) is 129 cm³/mol. The molecule has 0 aliphatic carbocycles. The zero-order valence-corrected chi connectivity index (χ0v) is 18.3. The summed E-state index contributed by atoms with van der Waals surface area (Å²) in [6, 6.07) is 27.9. The van der Waals surface area contributed by atoms with Crippen molar-refractivity contribution in [2.45, 2.75) is 0 Å². The molecule has 2 heterocycles. The maximum Gasteiger partial charge on any atom is 0.123 e. The van der Waals surface area contributed by atoms with Gasteiger partial charge in [0.15, 0.2) is 0 Å². The van der Waals surface area contributed by atoms with Gasteiger partial charge < -0.3 is 13.9 Å². The van der Waals surface area contributed by atoms with Gasteiger partial charge >= 0.3 is 0 Å². The minimum atomic E-state index is 0.629. The van der Waals surface area contributed by atoms with Gasteiger partial charge in [0.1, 0.15) is 11.5 Å². The lowest BCUT2D eigenvalue weighted by atomic mass is 10.0. The fraction of sp³-hybridized carbons (Fsp3) is 0.0714. The van der Waals surface area contributed by atoms with Crippen LogP contribution in [0.4, 0.5) is 0 Å². The Bertz CT molecular complexity index is 1460. The van der Waals surface area contributed by atoms with Crippen LogP contribution in [0.3, 0.4) is 0 Å². The lowest BCUT2D eigenvalue weighted by molar-refractivity contribution is 0.394. The molecule has 0 saturated heterocycles. The molecule has 0 aliphatic heterocycles. The maximum absolute atomic E-state index is 9.20. The Labute approximate surface area is 192 Å². The van der Waals surface area contributed by atoms with Crippen molar-refractivity contribution in [2.75, 3.05) is 14.2 Å². The Morgan fingerprint density at radius 2 is 1.48 bits per heavy atom. The monoisotopic (exact) mass is 431 g/mol. The number of nitrogens with zero attached hydrogens (tertiary/aromatic N) is 3. The van der Waals surface area contributed by atoms with E-state index in [0.29, 0.717) is 5.56 Å². The second kappa shape index (κ2) is 8.52. The molecule has 0 unspecified atom stereocenters. The van der Waals surface area contributed by atoms with Crippen molar-refractivity contribution in [1.82, 2.24) is 9.38 Å². The van der Waals surface area contributed by atoms with Gasteiger partial charge in [0.05, 0.1) is 49.0 Å². The molecule has 3 aromatic carbocycles. The molecule has 5 heteroatoms. The lowest BCUT2D eigenvalue weighted by Gasteiger charge is -2.09. The molecule has 2 aromatic heterocycles. The summed E-state index contributed by atoms with van der Waals surface area (Å²) in [5.41, 5.74) is 7.51. The number of benzene rings is 3. The second-order valence-corrected chi connectivity index (χ2v) is 7.63. The lowest BCUT2D eigenvalue weighted by Crippen LogP contribution is -1.93. The van der Waals surface area contributed by atoms with E-state index >= 15 is 0 Å². The quantitative estimate of drug-likeness (QED) is 0.331. The second-order valence-electron chi connectivity index (χ2n) is 7.63. The van der Waals surface area contributed by atoms with Gasteiger partial charge in [0.2, 0.25) is 0 Å². The number of hydrogen-bond donors (Lipinski definition) is 0. The third kappa shape index (κ3) is 3.79. The fourth-order valence-corrected chi connectivity index (χ4v) is 3.99. The number of rotatable bonds is 5. The van der Waals surface area contributed by atoms with E-state index in [1.54, 1.807) is 14.2 Å². The van der Waals surface area contributed by atoms with E-state index in [9.17, 15) is 5.26 Å². The van der Waals surface area contributed by atoms with Crippen LogP contribution in [0, 0.1) is 11.3 Å². The first-order chi connectivity index (χ1) is 16.2. The summed E-state index contributed by atoms with van der Waals surface area (Å²) in [6.07, 6.45) is 3.95. The molecule has 33 heavy (non-hydrogen) atoms. The van der Waals surface area contributed by atoms with Gasteiger partial charge in [-0.15, -0.1) is 0 Å². The Hall–Kier alpha value is -4.56. The zero-order chi connectivity index (χ0) is 22.8. The highest BCUT2D eigenvalue weighted by molar-refractivity contribution is 5.88. The molecular formula is C28H21N3O2. The first kappa shape index (κ1) is 20.3. The first-order valence-electron chi connectivity index (χ1n) is 10.5. The number of hydrogen-bond acceptors (Lipinski definition) is 4. The summed E-state index contributed by atoms with van der Waals surface area (Å²) >= 11 is 0. The van der Waals surface area contributed by atoms with Gasteiger partial charge in [-0.25, -0.2) is 0 Å². The summed E-state index contributed by atoms with van der Waals surface area (Å²) in [5.74, 6) is 1.44. The van der Waals surface area contributed by atoms with Crippen molar-refractivity contribution < 1.29 is 9.47 Å². The average Bonchev–Trinajstić information content (AvgIpc) is 3.28. The van der Waals surface area contributed by atoms with Crippen molar-refractivity contribution in [3.05, 3.63) is 96.8 Å². The van der Waals surface area contributed by atoms with Crippen LogP contribution in [-0.4, -0.2) is 23.6 Å². The highest BCUT2D eigenvalue weighted by Crippen LogP contribution is 2.37. The molecule has 0 radical (unpaired) electrons. The van der Waals surface area contributed by atoms with Crippen molar-refractivity contribution >= 4 is 5.52 Å². The highest BCUT2D eigenvalue weighted by Gasteiger charge is 2.16. The first-order valence-corrected chi connectivity index (χ1v) is 10.5. The van der Waals surface area contributed by atoms with E-state index in [-0.39, 0.29) is 0 Å². The smallest absolute Gasteiger partial charge is 0.123 e. The Morgan fingerprint density at radius 3 is 2.12 bits per heavy atom. The van der Waals surface area contributed by atoms with Gasteiger partial charge in [-0.05, 0) is 41.5 Å². The summed E-state index contributed by atoms with van der Waals surface area (Å²) in [7, 11) is 3.29. The minimum absolute atomic E-state index is 0.629. The predicted octanol–water partition coefficient (Wildman–Crippen LogP) is 6.22. The fourth-order valence-electron chi connectivity index (χ4n) is 3.99. The van der Waals surface area contributed by atoms with Gasteiger partial charge in [0, 0.05) is 23.4 Å². The Balaban J connectivity index is 1.76. The van der Waals surface area contributed by atoms with Crippen molar-refractivity contribution in [3.8, 4) is 51.2 Å². The summed E-state index contributed by atoms with van der Waals surface area (Å²) in [4.78, 5) is 4.76. The van der Waals surface area contributed by atoms with Crippen molar-refractivity contribution in [3.63, 3.8) is 0 Å². The Morgan fingerprint density at radius 1 is 0.788 bits per heavy atom. The van der Waals surface area contributed by atoms with Gasteiger partial charge in [0.25, 0.3) is 0 Å². The summed E-state index contributed by atoms with van der Waals surface area (Å²) < 4.78 is 13.1. The van der Waals surface area contributed by atoms with Crippen molar-refractivity contribution in [2.24, 2.45) is 0 Å². The summed E-state index contributed by atoms with van der Waals surface area (Å²) in [6.45, 7) is 0. The van der Waals surface area contributed by atoms with Crippen LogP contribution in [0.1, 0.15) is 5.56 Å². The average molecular weight is 431 g/mol. The molecule has 0 aliphatic rings. The number of nitriles is 1. The van der Waals surface area contributed by atoms with Gasteiger partial charge in [-0.2, -0.15) is 5.26 Å². The van der Waals surface area contributed by atoms with E-state index in [4.69, 9.17) is 14.5 Å². The molecule has 5 nitrogen and oxygen atoms in total. The van der Waals surface area contributed by atoms with E-state index in [0.717, 1.165) is 50.7 Å². The standard InChI is InChI=1S/C28H21N3O2/c1-32-23-12-22(13-24(14-23)33-2)25-15-27(21-10-8-19(16-29)9-11-21)31-18-26(30-17-28(25)31)20-6-4-3-5-7-20/h3-15,17-18H,1-2H3. The molecule has 0 fully saturated rings. The van der Waals surface area contributed by atoms with Gasteiger partial charge in [-0.1, -0.05) is 42.5 Å². The molecule has 0 atom stereocenters. The van der Waals surface area contributed by atoms with Crippen LogP contribution >= 0.6 is 0 Å². The van der Waals surface area contributed by atoms with Gasteiger partial charge in [-0.3, -0.25) is 4.98 Å². The molecule has 5 rings (SSSR count). The molecular weight excluding hydrogens is 410 g/mol. The molecule has 0 spiro atoms. The number of fused-ring (bicyclic) bond motifs is 1. The van der Waals surface area contributed by atoms with Crippen LogP contribution in [-0.2, 0) is 0 Å². The molecule has 0 amide bonds. The van der Waals surface area contributed by atoms with Crippen LogP contribution in [0.2, 0.25) is 0 Å². The molecule has 0 N–H and O–H groups in total. The highest BCUT2D eigenvalue weighted by atomic mass is 16.5. The van der Waals surface area contributed by atoms with E-state index < -0.39 is 0 Å². The third-order valence-electron chi connectivity index (χ3n) is 5.70. The van der Waals surface area contributed by atoms with E-state index in [1.165, 1.54) is 0 Å². The number of ether oxygens (including phenoxy) is 2. The SMILES string of the molecule is COc1cc(OC)cc(-c2cc(-c3ccc(C#N)cc3)n3cc(-c4ccccc4)ncc23)c1. The molecule has 0 bridgehead atoms. The van der Waals surface area contributed by atoms with Crippen LogP contribution in [0.5, 0.6) is 11.5 Å². The van der Waals surface area contributed by atoms with Crippen molar-refractivity contribution in [1.29, 1.82) is 5.26 Å². The van der Waals surface area contributed by atoms with Crippen LogP contribution in [0.15, 0.2) is 91.3 Å². The number of aromatic nitrogens is 2. The third-order valence-corrected chi connectivity index (χ3v) is 5.70. The molecule has 5 aromatic rings. The molecule has 0 saturated carbocycles. The molecule has 160 valence electrons. The van der Waals surface area contributed by atoms with Crippen LogP contribution in [0.25, 0.3) is 39.2 Å². The minimum Gasteiger partial charge on any atom is -0.497 e. The normalized spacial score (nSPS) is 10.7.